The van der Waals surface area contributed by atoms with Crippen LogP contribution in [-0.4, -0.2) is 24.2 Å². The van der Waals surface area contributed by atoms with E-state index in [0.29, 0.717) is 12.1 Å². The third-order valence-corrected chi connectivity index (χ3v) is 2.06. The third kappa shape index (κ3) is 3.89. The number of aliphatic hydroxyl groups excluding tert-OH is 1. The van der Waals surface area contributed by atoms with Crippen molar-refractivity contribution in [1.29, 1.82) is 0 Å². The number of hydrogen-bond acceptors (Lipinski definition) is 2. The van der Waals surface area contributed by atoms with Crippen molar-refractivity contribution >= 4 is 5.91 Å². The number of hydrogen-bond donors (Lipinski definition) is 2. The minimum atomic E-state index is -0.608. The molecule has 3 nitrogen and oxygen atoms in total. The highest BCUT2D eigenvalue weighted by molar-refractivity contribution is 5.94. The van der Waals surface area contributed by atoms with Crippen LogP contribution in [0.1, 0.15) is 29.3 Å². The molecule has 0 unspecified atom stereocenters. The monoisotopic (exact) mass is 235 g/mol. The van der Waals surface area contributed by atoms with Crippen LogP contribution < -0.4 is 5.32 Å². The SMILES string of the molecule is CCCNC(=O)c1ccc(C#CCO)cc1F. The van der Waals surface area contributed by atoms with Gasteiger partial charge in [-0.2, -0.15) is 0 Å². The van der Waals surface area contributed by atoms with Crippen LogP contribution in [-0.2, 0) is 0 Å². The molecule has 0 aliphatic rings. The Balaban J connectivity index is 2.86. The Morgan fingerprint density at radius 3 is 2.88 bits per heavy atom. The summed E-state index contributed by atoms with van der Waals surface area (Å²) in [5.74, 6) is 3.95. The zero-order valence-corrected chi connectivity index (χ0v) is 9.59. The van der Waals surface area contributed by atoms with Crippen LogP contribution in [0.25, 0.3) is 0 Å². The molecule has 0 spiro atoms. The fourth-order valence-corrected chi connectivity index (χ4v) is 1.25. The van der Waals surface area contributed by atoms with Crippen LogP contribution in [0, 0.1) is 17.7 Å². The van der Waals surface area contributed by atoms with Crippen molar-refractivity contribution in [1.82, 2.24) is 5.32 Å². The molecule has 1 amide bonds. The molecule has 0 atom stereocenters. The van der Waals surface area contributed by atoms with E-state index in [0.717, 1.165) is 6.42 Å². The van der Waals surface area contributed by atoms with Gasteiger partial charge in [0.25, 0.3) is 5.91 Å². The molecule has 0 aliphatic heterocycles. The van der Waals surface area contributed by atoms with Crippen molar-refractivity contribution in [2.24, 2.45) is 0 Å². The van der Waals surface area contributed by atoms with E-state index in [2.05, 4.69) is 17.2 Å². The number of halogens is 1. The van der Waals surface area contributed by atoms with Gasteiger partial charge in [0.15, 0.2) is 0 Å². The normalized spacial score (nSPS) is 9.35. The Morgan fingerprint density at radius 2 is 2.29 bits per heavy atom. The minimum absolute atomic E-state index is 0.00741. The summed E-state index contributed by atoms with van der Waals surface area (Å²) in [7, 11) is 0. The van der Waals surface area contributed by atoms with Crippen LogP contribution in [0.3, 0.4) is 0 Å². The summed E-state index contributed by atoms with van der Waals surface area (Å²) in [4.78, 5) is 11.5. The second-order valence-electron chi connectivity index (χ2n) is 3.41. The minimum Gasteiger partial charge on any atom is -0.384 e. The maximum atomic E-state index is 13.6. The number of aliphatic hydroxyl groups is 1. The van der Waals surface area contributed by atoms with Crippen LogP contribution in [0.2, 0.25) is 0 Å². The molecule has 1 rings (SSSR count). The highest BCUT2D eigenvalue weighted by atomic mass is 19.1. The summed E-state index contributed by atoms with van der Waals surface area (Å²) >= 11 is 0. The van der Waals surface area contributed by atoms with E-state index in [1.807, 2.05) is 6.92 Å². The van der Waals surface area contributed by atoms with Gasteiger partial charge >= 0.3 is 0 Å². The molecule has 4 heteroatoms. The van der Waals surface area contributed by atoms with Crippen LogP contribution in [0.5, 0.6) is 0 Å². The molecule has 1 aromatic rings. The first-order chi connectivity index (χ1) is 8.19. The average Bonchev–Trinajstić information content (AvgIpc) is 2.33. The fraction of sp³-hybridized carbons (Fsp3) is 0.308. The Bertz CT molecular complexity index is 460. The molecular weight excluding hydrogens is 221 g/mol. The number of carbonyl (C=O) groups excluding carboxylic acids is 1. The maximum Gasteiger partial charge on any atom is 0.254 e. The Kier molecular flexibility index (Phi) is 5.18. The second kappa shape index (κ2) is 6.66. The molecule has 0 bridgehead atoms. The lowest BCUT2D eigenvalue weighted by atomic mass is 10.1. The first kappa shape index (κ1) is 13.2. The van der Waals surface area contributed by atoms with E-state index in [1.54, 1.807) is 6.07 Å². The lowest BCUT2D eigenvalue weighted by Gasteiger charge is -2.04. The van der Waals surface area contributed by atoms with Gasteiger partial charge in [0, 0.05) is 12.1 Å². The number of carbonyl (C=O) groups is 1. The Labute approximate surface area is 99.7 Å². The van der Waals surface area contributed by atoms with E-state index in [1.165, 1.54) is 12.1 Å². The molecule has 0 saturated carbocycles. The van der Waals surface area contributed by atoms with E-state index in [9.17, 15) is 9.18 Å². The van der Waals surface area contributed by atoms with Gasteiger partial charge in [-0.3, -0.25) is 4.79 Å². The molecule has 0 saturated heterocycles. The van der Waals surface area contributed by atoms with Gasteiger partial charge < -0.3 is 10.4 Å². The highest BCUT2D eigenvalue weighted by Crippen LogP contribution is 2.09. The molecule has 0 heterocycles. The van der Waals surface area contributed by atoms with Crippen LogP contribution in [0.15, 0.2) is 18.2 Å². The molecule has 90 valence electrons. The Hall–Kier alpha value is -1.86. The van der Waals surface area contributed by atoms with Crippen molar-refractivity contribution in [3.63, 3.8) is 0 Å². The lowest BCUT2D eigenvalue weighted by Crippen LogP contribution is -2.24. The lowest BCUT2D eigenvalue weighted by molar-refractivity contribution is 0.0949. The van der Waals surface area contributed by atoms with E-state index < -0.39 is 11.7 Å². The zero-order chi connectivity index (χ0) is 12.7. The van der Waals surface area contributed by atoms with E-state index in [4.69, 9.17) is 5.11 Å². The van der Waals surface area contributed by atoms with Gasteiger partial charge in [-0.05, 0) is 24.6 Å². The summed E-state index contributed by atoms with van der Waals surface area (Å²) in [6.45, 7) is 2.16. The summed E-state index contributed by atoms with van der Waals surface area (Å²) < 4.78 is 13.6. The molecule has 1 aromatic carbocycles. The van der Waals surface area contributed by atoms with Gasteiger partial charge in [-0.1, -0.05) is 18.8 Å². The van der Waals surface area contributed by atoms with Gasteiger partial charge in [0.05, 0.1) is 5.56 Å². The number of benzene rings is 1. The first-order valence-electron chi connectivity index (χ1n) is 5.36. The summed E-state index contributed by atoms with van der Waals surface area (Å²) in [6.07, 6.45) is 0.799. The zero-order valence-electron chi connectivity index (χ0n) is 9.59. The summed E-state index contributed by atoms with van der Waals surface area (Å²) in [5, 5.41) is 11.1. The maximum absolute atomic E-state index is 13.6. The predicted molar refractivity (Wildman–Crippen MR) is 63.0 cm³/mol. The molecule has 0 fully saturated rings. The molecule has 0 aliphatic carbocycles. The topological polar surface area (TPSA) is 49.3 Å². The van der Waals surface area contributed by atoms with Crippen molar-refractivity contribution in [2.45, 2.75) is 13.3 Å². The fourth-order valence-electron chi connectivity index (χ4n) is 1.25. The standard InChI is InChI=1S/C13H14FNO2/c1-2-7-15-13(17)11-6-5-10(4-3-8-16)9-12(11)14/h5-6,9,16H,2,7-8H2,1H3,(H,15,17). The molecule has 17 heavy (non-hydrogen) atoms. The smallest absolute Gasteiger partial charge is 0.254 e. The highest BCUT2D eigenvalue weighted by Gasteiger charge is 2.10. The van der Waals surface area contributed by atoms with Gasteiger partial charge in [0.2, 0.25) is 0 Å². The third-order valence-electron chi connectivity index (χ3n) is 2.06. The molecule has 2 N–H and O–H groups in total. The largest absolute Gasteiger partial charge is 0.384 e. The van der Waals surface area contributed by atoms with E-state index in [-0.39, 0.29) is 12.2 Å². The first-order valence-corrected chi connectivity index (χ1v) is 5.36. The van der Waals surface area contributed by atoms with Gasteiger partial charge in [-0.15, -0.1) is 0 Å². The van der Waals surface area contributed by atoms with Crippen molar-refractivity contribution in [2.75, 3.05) is 13.2 Å². The predicted octanol–water partition coefficient (Wildman–Crippen LogP) is 1.31. The van der Waals surface area contributed by atoms with Crippen molar-refractivity contribution < 1.29 is 14.3 Å². The summed E-state index contributed by atoms with van der Waals surface area (Å²) in [6, 6.07) is 4.12. The van der Waals surface area contributed by atoms with Crippen LogP contribution >= 0.6 is 0 Å². The van der Waals surface area contributed by atoms with Gasteiger partial charge in [0.1, 0.15) is 12.4 Å². The molecule has 0 aromatic heterocycles. The van der Waals surface area contributed by atoms with Crippen LogP contribution in [0.4, 0.5) is 4.39 Å². The number of rotatable bonds is 3. The second-order valence-corrected chi connectivity index (χ2v) is 3.41. The number of amides is 1. The van der Waals surface area contributed by atoms with Crippen molar-refractivity contribution in [3.8, 4) is 11.8 Å². The van der Waals surface area contributed by atoms with Gasteiger partial charge in [-0.25, -0.2) is 4.39 Å². The molecular formula is C13H14FNO2. The number of nitrogens with one attached hydrogen (secondary N) is 1. The van der Waals surface area contributed by atoms with E-state index >= 15 is 0 Å². The molecule has 0 radical (unpaired) electrons. The Morgan fingerprint density at radius 1 is 1.53 bits per heavy atom. The van der Waals surface area contributed by atoms with Crippen molar-refractivity contribution in [3.05, 3.63) is 35.1 Å². The average molecular weight is 235 g/mol. The quantitative estimate of drug-likeness (QED) is 0.776. The summed E-state index contributed by atoms with van der Waals surface area (Å²) in [5.41, 5.74) is 0.441.